The number of fused-ring (bicyclic) bond motifs is 1. The second-order valence-corrected chi connectivity index (χ2v) is 6.66. The van der Waals surface area contributed by atoms with Crippen LogP contribution in [-0.2, 0) is 0 Å². The van der Waals surface area contributed by atoms with Crippen LogP contribution in [0, 0.1) is 0 Å². The average molecular weight is 349 g/mol. The van der Waals surface area contributed by atoms with Gasteiger partial charge in [0.15, 0.2) is 5.78 Å². The Morgan fingerprint density at radius 1 is 1.04 bits per heavy atom. The van der Waals surface area contributed by atoms with Crippen molar-refractivity contribution in [2.75, 3.05) is 44.7 Å². The third-order valence-corrected chi connectivity index (χ3v) is 5.05. The van der Waals surface area contributed by atoms with Gasteiger partial charge in [-0.3, -0.25) is 9.69 Å². The summed E-state index contributed by atoms with van der Waals surface area (Å²) < 4.78 is 5.21. The average Bonchev–Trinajstić information content (AvgIpc) is 3.16. The number of benzene rings is 2. The molecule has 0 radical (unpaired) electrons. The molecule has 3 aromatic rings. The van der Waals surface area contributed by atoms with E-state index in [2.05, 4.69) is 26.9 Å². The normalized spacial score (nSPS) is 15.3. The molecule has 5 heteroatoms. The number of aromatic amines is 1. The van der Waals surface area contributed by atoms with Crippen molar-refractivity contribution in [2.24, 2.45) is 0 Å². The summed E-state index contributed by atoms with van der Waals surface area (Å²) in [5.74, 6) is 1.05. The number of carbonyl (C=O) groups is 1. The lowest BCUT2D eigenvalue weighted by atomic mass is 10.1. The summed E-state index contributed by atoms with van der Waals surface area (Å²) in [5, 5.41) is 1.13. The van der Waals surface area contributed by atoms with Crippen molar-refractivity contribution in [1.29, 1.82) is 0 Å². The van der Waals surface area contributed by atoms with E-state index in [0.29, 0.717) is 6.54 Å². The van der Waals surface area contributed by atoms with Crippen molar-refractivity contribution in [3.8, 4) is 5.75 Å². The van der Waals surface area contributed by atoms with Gasteiger partial charge in [-0.05, 0) is 41.8 Å². The largest absolute Gasteiger partial charge is 0.497 e. The molecule has 2 heterocycles. The summed E-state index contributed by atoms with van der Waals surface area (Å²) >= 11 is 0. The van der Waals surface area contributed by atoms with E-state index < -0.39 is 0 Å². The first-order valence-electron chi connectivity index (χ1n) is 8.94. The first kappa shape index (κ1) is 16.7. The van der Waals surface area contributed by atoms with Gasteiger partial charge in [-0.2, -0.15) is 0 Å². The van der Waals surface area contributed by atoms with Gasteiger partial charge >= 0.3 is 0 Å². The molecule has 1 aliphatic rings. The summed E-state index contributed by atoms with van der Waals surface area (Å²) in [6.45, 7) is 4.11. The van der Waals surface area contributed by atoms with Crippen LogP contribution in [0.2, 0.25) is 0 Å². The van der Waals surface area contributed by atoms with Gasteiger partial charge in [0, 0.05) is 49.1 Å². The van der Waals surface area contributed by atoms with Gasteiger partial charge in [0.25, 0.3) is 0 Å². The fourth-order valence-corrected chi connectivity index (χ4v) is 3.47. The number of aromatic nitrogens is 1. The molecule has 1 aliphatic heterocycles. The minimum atomic E-state index is 0.180. The van der Waals surface area contributed by atoms with Crippen LogP contribution in [0.4, 0.5) is 5.69 Å². The SMILES string of the molecule is COc1ccc(N2CCN(CC(=O)c3ccc4cc[nH]c4c3)CC2)cc1. The van der Waals surface area contributed by atoms with Crippen LogP contribution in [0.1, 0.15) is 10.4 Å². The smallest absolute Gasteiger partial charge is 0.176 e. The molecule has 0 amide bonds. The number of rotatable bonds is 5. The third kappa shape index (κ3) is 3.44. The van der Waals surface area contributed by atoms with E-state index in [9.17, 15) is 4.79 Å². The molecule has 4 rings (SSSR count). The lowest BCUT2D eigenvalue weighted by Gasteiger charge is -2.35. The standard InChI is InChI=1S/C21H23N3O2/c1-26-19-6-4-18(5-7-19)24-12-10-23(11-13-24)15-21(25)17-3-2-16-8-9-22-20(16)14-17/h2-9,14,22H,10-13,15H2,1H3. The maximum Gasteiger partial charge on any atom is 0.176 e. The molecular weight excluding hydrogens is 326 g/mol. The fraction of sp³-hybridized carbons (Fsp3) is 0.286. The van der Waals surface area contributed by atoms with Gasteiger partial charge in [0.05, 0.1) is 13.7 Å². The van der Waals surface area contributed by atoms with Crippen molar-refractivity contribution >= 4 is 22.4 Å². The highest BCUT2D eigenvalue weighted by Gasteiger charge is 2.20. The number of hydrogen-bond acceptors (Lipinski definition) is 4. The molecule has 1 N–H and O–H groups in total. The van der Waals surface area contributed by atoms with Gasteiger partial charge in [-0.1, -0.05) is 12.1 Å². The molecule has 0 bridgehead atoms. The number of H-pyrrole nitrogens is 1. The number of Topliss-reactive ketones (excluding diaryl/α,β-unsaturated/α-hetero) is 1. The zero-order valence-corrected chi connectivity index (χ0v) is 14.9. The highest BCUT2D eigenvalue weighted by Crippen LogP contribution is 2.21. The molecule has 0 saturated carbocycles. The molecular formula is C21H23N3O2. The topological polar surface area (TPSA) is 48.6 Å². The molecule has 2 aromatic carbocycles. The van der Waals surface area contributed by atoms with Crippen LogP contribution < -0.4 is 9.64 Å². The van der Waals surface area contributed by atoms with E-state index in [1.54, 1.807) is 7.11 Å². The first-order valence-corrected chi connectivity index (χ1v) is 8.94. The summed E-state index contributed by atoms with van der Waals surface area (Å²) in [4.78, 5) is 20.4. The Hall–Kier alpha value is -2.79. The third-order valence-electron chi connectivity index (χ3n) is 5.05. The Balaban J connectivity index is 1.34. The quantitative estimate of drug-likeness (QED) is 0.719. The number of piperazine rings is 1. The Labute approximate surface area is 153 Å². The highest BCUT2D eigenvalue weighted by atomic mass is 16.5. The number of nitrogens with zero attached hydrogens (tertiary/aromatic N) is 2. The first-order chi connectivity index (χ1) is 12.7. The lowest BCUT2D eigenvalue weighted by molar-refractivity contribution is 0.0926. The second-order valence-electron chi connectivity index (χ2n) is 6.66. The molecule has 0 aliphatic carbocycles. The minimum Gasteiger partial charge on any atom is -0.497 e. The number of hydrogen-bond donors (Lipinski definition) is 1. The zero-order valence-electron chi connectivity index (χ0n) is 14.9. The van der Waals surface area contributed by atoms with E-state index in [0.717, 1.165) is 48.4 Å². The number of anilines is 1. The predicted molar refractivity (Wildman–Crippen MR) is 104 cm³/mol. The number of methoxy groups -OCH3 is 1. The van der Waals surface area contributed by atoms with Crippen LogP contribution in [0.15, 0.2) is 54.7 Å². The van der Waals surface area contributed by atoms with E-state index in [1.165, 1.54) is 5.69 Å². The number of ether oxygens (including phenoxy) is 1. The van der Waals surface area contributed by atoms with Gasteiger partial charge in [0.1, 0.15) is 5.75 Å². The maximum atomic E-state index is 12.6. The molecule has 5 nitrogen and oxygen atoms in total. The fourth-order valence-electron chi connectivity index (χ4n) is 3.47. The van der Waals surface area contributed by atoms with Crippen molar-refractivity contribution in [1.82, 2.24) is 9.88 Å². The summed E-state index contributed by atoms with van der Waals surface area (Å²) in [6, 6.07) is 16.0. The van der Waals surface area contributed by atoms with E-state index in [4.69, 9.17) is 4.74 Å². The molecule has 0 atom stereocenters. The summed E-state index contributed by atoms with van der Waals surface area (Å²) in [6.07, 6.45) is 1.90. The molecule has 1 aromatic heterocycles. The van der Waals surface area contributed by atoms with Crippen molar-refractivity contribution < 1.29 is 9.53 Å². The molecule has 0 spiro atoms. The highest BCUT2D eigenvalue weighted by molar-refractivity contribution is 6.00. The Morgan fingerprint density at radius 3 is 2.54 bits per heavy atom. The summed E-state index contributed by atoms with van der Waals surface area (Å²) in [7, 11) is 1.68. The van der Waals surface area contributed by atoms with E-state index in [1.807, 2.05) is 42.6 Å². The Morgan fingerprint density at radius 2 is 1.81 bits per heavy atom. The van der Waals surface area contributed by atoms with Crippen molar-refractivity contribution in [2.45, 2.75) is 0 Å². The number of nitrogens with one attached hydrogen (secondary N) is 1. The summed E-state index contributed by atoms with van der Waals surface area (Å²) in [5.41, 5.74) is 2.99. The number of ketones is 1. The monoisotopic (exact) mass is 349 g/mol. The lowest BCUT2D eigenvalue weighted by Crippen LogP contribution is -2.48. The van der Waals surface area contributed by atoms with E-state index in [-0.39, 0.29) is 5.78 Å². The molecule has 1 fully saturated rings. The van der Waals surface area contributed by atoms with Crippen LogP contribution in [0.25, 0.3) is 10.9 Å². The number of carbonyl (C=O) groups excluding carboxylic acids is 1. The minimum absolute atomic E-state index is 0.180. The zero-order chi connectivity index (χ0) is 17.9. The van der Waals surface area contributed by atoms with Crippen LogP contribution >= 0.6 is 0 Å². The van der Waals surface area contributed by atoms with Crippen molar-refractivity contribution in [3.63, 3.8) is 0 Å². The molecule has 26 heavy (non-hydrogen) atoms. The van der Waals surface area contributed by atoms with Gasteiger partial charge in [-0.25, -0.2) is 0 Å². The van der Waals surface area contributed by atoms with Gasteiger partial charge in [-0.15, -0.1) is 0 Å². The van der Waals surface area contributed by atoms with Gasteiger partial charge in [0.2, 0.25) is 0 Å². The molecule has 0 unspecified atom stereocenters. The van der Waals surface area contributed by atoms with Crippen molar-refractivity contribution in [3.05, 3.63) is 60.3 Å². The Bertz CT molecular complexity index is 893. The predicted octanol–water partition coefficient (Wildman–Crippen LogP) is 3.18. The second kappa shape index (κ2) is 7.22. The molecule has 1 saturated heterocycles. The van der Waals surface area contributed by atoms with Gasteiger partial charge < -0.3 is 14.6 Å². The maximum absolute atomic E-state index is 12.6. The Kier molecular flexibility index (Phi) is 4.63. The van der Waals surface area contributed by atoms with Crippen LogP contribution in [-0.4, -0.2) is 55.5 Å². The van der Waals surface area contributed by atoms with Crippen LogP contribution in [0.3, 0.4) is 0 Å². The van der Waals surface area contributed by atoms with E-state index >= 15 is 0 Å². The van der Waals surface area contributed by atoms with Crippen LogP contribution in [0.5, 0.6) is 5.75 Å². The molecule has 134 valence electrons.